The van der Waals surface area contributed by atoms with E-state index < -0.39 is 18.9 Å². The molecule has 2 heterocycles. The minimum atomic E-state index is -2.18. The van der Waals surface area contributed by atoms with Gasteiger partial charge in [0.15, 0.2) is 0 Å². The molecule has 0 amide bonds. The summed E-state index contributed by atoms with van der Waals surface area (Å²) >= 11 is 0. The number of para-hydroxylation sites is 1. The summed E-state index contributed by atoms with van der Waals surface area (Å²) in [6.45, 7) is 1.80. The Morgan fingerprint density at radius 1 is 1.18 bits per heavy atom. The van der Waals surface area contributed by atoms with E-state index in [-0.39, 0.29) is 5.92 Å². The highest BCUT2D eigenvalue weighted by atomic mass is 15.4. The summed E-state index contributed by atoms with van der Waals surface area (Å²) < 4.78 is 33.8. The molecule has 0 radical (unpaired) electrons. The molecule has 4 rings (SSSR count). The molecule has 2 nitrogen and oxygen atoms in total. The Morgan fingerprint density at radius 3 is 2.68 bits per heavy atom. The molecule has 2 unspecified atom stereocenters. The summed E-state index contributed by atoms with van der Waals surface area (Å²) in [5.41, 5.74) is 3.71. The van der Waals surface area contributed by atoms with Crippen LogP contribution in [-0.2, 0) is 0 Å². The van der Waals surface area contributed by atoms with Crippen LogP contribution in [0.3, 0.4) is 0 Å². The third-order valence-corrected chi connectivity index (χ3v) is 5.33. The number of anilines is 1. The lowest BCUT2D eigenvalue weighted by atomic mass is 9.88. The van der Waals surface area contributed by atoms with Gasteiger partial charge in [-0.05, 0) is 51.1 Å². The Hall–Kier alpha value is -1.70. The monoisotopic (exact) mass is 298 g/mol. The van der Waals surface area contributed by atoms with Crippen LogP contribution in [0.1, 0.15) is 50.5 Å². The summed E-state index contributed by atoms with van der Waals surface area (Å²) in [5, 5.41) is 0. The van der Waals surface area contributed by atoms with Gasteiger partial charge in [0.2, 0.25) is 0 Å². The summed E-state index contributed by atoms with van der Waals surface area (Å²) in [6.07, 6.45) is 7.40. The average Bonchev–Trinajstić information content (AvgIpc) is 3.26. The van der Waals surface area contributed by atoms with E-state index in [9.17, 15) is 1.37 Å². The van der Waals surface area contributed by atoms with Crippen molar-refractivity contribution in [3.05, 3.63) is 53.5 Å². The number of hydrogen-bond acceptors (Lipinski definition) is 2. The van der Waals surface area contributed by atoms with Crippen molar-refractivity contribution in [2.75, 3.05) is 4.90 Å². The highest BCUT2D eigenvalue weighted by Gasteiger charge is 2.42. The normalized spacial score (nSPS) is 34.7. The van der Waals surface area contributed by atoms with E-state index in [1.54, 1.807) is 0 Å². The highest BCUT2D eigenvalue weighted by Crippen LogP contribution is 2.47. The summed E-state index contributed by atoms with van der Waals surface area (Å²) in [4.78, 5) is 3.78. The second kappa shape index (κ2) is 5.19. The molecular formula is C20H26N2. The van der Waals surface area contributed by atoms with E-state index in [0.29, 0.717) is 0 Å². The number of allylic oxidation sites excluding steroid dienone is 2. The fourth-order valence-electron chi connectivity index (χ4n) is 4.20. The fourth-order valence-corrected chi connectivity index (χ4v) is 4.20. The maximum Gasteiger partial charge on any atom is 0.107 e. The van der Waals surface area contributed by atoms with E-state index >= 15 is 0 Å². The molecule has 0 spiro atoms. The van der Waals surface area contributed by atoms with Gasteiger partial charge in [0.25, 0.3) is 0 Å². The van der Waals surface area contributed by atoms with Crippen LogP contribution in [0.25, 0.3) is 0 Å². The van der Waals surface area contributed by atoms with Gasteiger partial charge in [0.05, 0.1) is 0 Å². The van der Waals surface area contributed by atoms with E-state index in [4.69, 9.17) is 4.11 Å². The van der Waals surface area contributed by atoms with Gasteiger partial charge in [0, 0.05) is 34.7 Å². The molecule has 0 bridgehead atoms. The van der Waals surface area contributed by atoms with Crippen LogP contribution in [0.4, 0.5) is 5.69 Å². The molecule has 2 aliphatic heterocycles. The van der Waals surface area contributed by atoms with E-state index in [0.717, 1.165) is 48.3 Å². The van der Waals surface area contributed by atoms with Crippen LogP contribution >= 0.6 is 0 Å². The van der Waals surface area contributed by atoms with Crippen LogP contribution in [0.5, 0.6) is 0 Å². The lowest BCUT2D eigenvalue weighted by Crippen LogP contribution is -2.35. The van der Waals surface area contributed by atoms with Gasteiger partial charge in [-0.1, -0.05) is 37.1 Å². The Bertz CT molecular complexity index is 776. The van der Waals surface area contributed by atoms with Crippen molar-refractivity contribution in [2.24, 2.45) is 11.8 Å². The van der Waals surface area contributed by atoms with Gasteiger partial charge >= 0.3 is 0 Å². The number of nitrogens with zero attached hydrogens (tertiary/aromatic N) is 2. The van der Waals surface area contributed by atoms with Gasteiger partial charge in [-0.2, -0.15) is 0 Å². The first-order valence-corrected chi connectivity index (χ1v) is 8.29. The Labute approximate surface area is 139 Å². The van der Waals surface area contributed by atoms with Crippen LogP contribution in [0, 0.1) is 18.7 Å². The number of aryl methyl sites for hydroxylation is 1. The molecule has 0 aromatic heterocycles. The van der Waals surface area contributed by atoms with Gasteiger partial charge in [-0.15, -0.1) is 0 Å². The molecule has 1 fully saturated rings. The number of hydrogen-bond donors (Lipinski definition) is 0. The van der Waals surface area contributed by atoms with Crippen LogP contribution in [-0.4, -0.2) is 11.1 Å². The third kappa shape index (κ3) is 1.93. The second-order valence-corrected chi connectivity index (χ2v) is 6.62. The molecule has 1 aliphatic carbocycles. The van der Waals surface area contributed by atoms with Crippen molar-refractivity contribution in [1.82, 2.24) is 4.90 Å². The number of rotatable bonds is 2. The molecule has 1 aromatic carbocycles. The van der Waals surface area contributed by atoms with Crippen LogP contribution in [0.15, 0.2) is 47.9 Å². The molecule has 0 saturated heterocycles. The summed E-state index contributed by atoms with van der Waals surface area (Å²) in [7, 11) is 0. The quantitative estimate of drug-likeness (QED) is 0.755. The molecule has 1 aromatic rings. The molecule has 3 aliphatic rings. The minimum absolute atomic E-state index is 0.266. The van der Waals surface area contributed by atoms with E-state index in [1.807, 2.05) is 60.2 Å². The Morgan fingerprint density at radius 2 is 1.95 bits per heavy atom. The SMILES string of the molecule is [2H]C([2H])([2H])C1N2C=CC([2H])(C3CCCC3)C2=C(C)N1c1ccccc1C. The van der Waals surface area contributed by atoms with Crippen molar-refractivity contribution in [1.29, 1.82) is 0 Å². The predicted octanol–water partition coefficient (Wildman–Crippen LogP) is 5.03. The summed E-state index contributed by atoms with van der Waals surface area (Å²) in [5.74, 6) is -0.551. The molecule has 0 N–H and O–H groups in total. The lowest BCUT2D eigenvalue weighted by molar-refractivity contribution is 0.356. The Balaban J connectivity index is 1.86. The molecule has 2 atom stereocenters. The topological polar surface area (TPSA) is 6.48 Å². The molecule has 1 saturated carbocycles. The van der Waals surface area contributed by atoms with Crippen molar-refractivity contribution in [3.63, 3.8) is 0 Å². The standard InChI is InChI=1S/C20H26N2/c1-14-8-4-7-11-19(14)22-15(2)20-18(17-9-5-6-10-17)12-13-21(20)16(22)3/h4,7-8,11-13,16-18H,5-6,9-10H2,1-3H3/i3D3,18D. The zero-order chi connectivity index (χ0) is 18.7. The Kier molecular flexibility index (Phi) is 2.39. The molecule has 2 heteroatoms. The maximum atomic E-state index is 9.24. The van der Waals surface area contributed by atoms with Gasteiger partial charge in [-0.25, -0.2) is 0 Å². The maximum absolute atomic E-state index is 9.24. The van der Waals surface area contributed by atoms with Crippen molar-refractivity contribution >= 4 is 5.69 Å². The van der Waals surface area contributed by atoms with Crippen LogP contribution in [0.2, 0.25) is 0 Å². The zero-order valence-corrected chi connectivity index (χ0v) is 13.3. The minimum Gasteiger partial charge on any atom is -0.329 e. The zero-order valence-electron chi connectivity index (χ0n) is 17.3. The third-order valence-electron chi connectivity index (χ3n) is 5.33. The van der Waals surface area contributed by atoms with Gasteiger partial charge < -0.3 is 9.80 Å². The van der Waals surface area contributed by atoms with Crippen molar-refractivity contribution < 1.29 is 5.48 Å². The van der Waals surface area contributed by atoms with E-state index in [1.165, 1.54) is 0 Å². The average molecular weight is 298 g/mol. The first kappa shape index (κ1) is 10.1. The smallest absolute Gasteiger partial charge is 0.107 e. The van der Waals surface area contributed by atoms with Gasteiger partial charge in [0.1, 0.15) is 6.17 Å². The van der Waals surface area contributed by atoms with Crippen molar-refractivity contribution in [2.45, 2.75) is 52.5 Å². The second-order valence-electron chi connectivity index (χ2n) is 6.62. The largest absolute Gasteiger partial charge is 0.329 e. The number of benzene rings is 1. The first-order valence-electron chi connectivity index (χ1n) is 10.3. The fraction of sp³-hybridized carbons (Fsp3) is 0.500. The number of fused-ring (bicyclic) bond motifs is 1. The first-order chi connectivity index (χ1) is 12.2. The molecular weight excluding hydrogens is 268 g/mol. The van der Waals surface area contributed by atoms with E-state index in [2.05, 4.69) is 0 Å². The van der Waals surface area contributed by atoms with Crippen molar-refractivity contribution in [3.8, 4) is 0 Å². The van der Waals surface area contributed by atoms with Gasteiger partial charge in [-0.3, -0.25) is 0 Å². The summed E-state index contributed by atoms with van der Waals surface area (Å²) in [6, 6.07) is 7.90. The highest BCUT2D eigenvalue weighted by molar-refractivity contribution is 5.61. The molecule has 22 heavy (non-hydrogen) atoms. The predicted molar refractivity (Wildman–Crippen MR) is 92.2 cm³/mol. The molecule has 116 valence electrons. The van der Waals surface area contributed by atoms with Crippen LogP contribution < -0.4 is 4.90 Å². The lowest BCUT2D eigenvalue weighted by Gasteiger charge is -2.30.